The number of amides is 2. The number of anilines is 1. The Morgan fingerprint density at radius 3 is 2.81 bits per heavy atom. The van der Waals surface area contributed by atoms with Gasteiger partial charge in [0.2, 0.25) is 18.6 Å². The first-order valence-corrected chi connectivity index (χ1v) is 10.4. The van der Waals surface area contributed by atoms with E-state index >= 15 is 0 Å². The van der Waals surface area contributed by atoms with Gasteiger partial charge in [0.1, 0.15) is 0 Å². The van der Waals surface area contributed by atoms with Gasteiger partial charge < -0.3 is 24.1 Å². The second-order valence-electron chi connectivity index (χ2n) is 8.03. The lowest BCUT2D eigenvalue weighted by Crippen LogP contribution is -2.41. The summed E-state index contributed by atoms with van der Waals surface area (Å²) >= 11 is 0. The maximum Gasteiger partial charge on any atom is 0.321 e. The van der Waals surface area contributed by atoms with Crippen LogP contribution in [0.4, 0.5) is 10.5 Å². The molecule has 0 aliphatic carbocycles. The van der Waals surface area contributed by atoms with Crippen LogP contribution < -0.4 is 14.8 Å². The van der Waals surface area contributed by atoms with Crippen LogP contribution in [-0.4, -0.2) is 41.0 Å². The van der Waals surface area contributed by atoms with Gasteiger partial charge in [-0.1, -0.05) is 6.07 Å². The van der Waals surface area contributed by atoms with Gasteiger partial charge in [-0.05, 0) is 68.1 Å². The van der Waals surface area contributed by atoms with Crippen molar-refractivity contribution in [2.45, 2.75) is 32.6 Å². The summed E-state index contributed by atoms with van der Waals surface area (Å²) in [7, 11) is 0. The molecule has 3 aromatic rings. The number of nitrogens with zero attached hydrogens (tertiary/aromatic N) is 3. The number of carbonyl (C=O) groups excluding carboxylic acids is 1. The van der Waals surface area contributed by atoms with Crippen LogP contribution in [0.1, 0.15) is 35.8 Å². The number of hydrogen-bond acceptors (Lipinski definition) is 6. The predicted molar refractivity (Wildman–Crippen MR) is 114 cm³/mol. The zero-order valence-electron chi connectivity index (χ0n) is 17.6. The molecule has 0 radical (unpaired) electrons. The van der Waals surface area contributed by atoms with E-state index in [2.05, 4.69) is 22.4 Å². The molecular weight excluding hydrogens is 396 g/mol. The summed E-state index contributed by atoms with van der Waals surface area (Å²) in [5.74, 6) is 2.38. The SMILES string of the molecule is Cc1ccc(NC(=O)N2CCCC(c3nnc(-c4ccc5c(c4)OCO5)o3)C2)cc1C. The third-order valence-corrected chi connectivity index (χ3v) is 5.88. The highest BCUT2D eigenvalue weighted by Gasteiger charge is 2.29. The van der Waals surface area contributed by atoms with Crippen molar-refractivity contribution in [3.05, 3.63) is 53.4 Å². The fourth-order valence-corrected chi connectivity index (χ4v) is 3.93. The van der Waals surface area contributed by atoms with E-state index in [0.29, 0.717) is 36.4 Å². The van der Waals surface area contributed by atoms with E-state index in [-0.39, 0.29) is 18.7 Å². The molecule has 2 aromatic carbocycles. The van der Waals surface area contributed by atoms with Crippen molar-refractivity contribution in [1.29, 1.82) is 0 Å². The van der Waals surface area contributed by atoms with Crippen molar-refractivity contribution in [3.63, 3.8) is 0 Å². The maximum absolute atomic E-state index is 12.8. The zero-order valence-corrected chi connectivity index (χ0v) is 17.6. The Kier molecular flexibility index (Phi) is 4.97. The lowest BCUT2D eigenvalue weighted by Gasteiger charge is -2.31. The van der Waals surface area contributed by atoms with Crippen LogP contribution >= 0.6 is 0 Å². The number of likely N-dealkylation sites (tertiary alicyclic amines) is 1. The highest BCUT2D eigenvalue weighted by Crippen LogP contribution is 2.36. The second-order valence-corrected chi connectivity index (χ2v) is 8.03. The average molecular weight is 420 g/mol. The quantitative estimate of drug-likeness (QED) is 0.671. The fourth-order valence-electron chi connectivity index (χ4n) is 3.93. The van der Waals surface area contributed by atoms with E-state index in [1.807, 2.05) is 48.2 Å². The number of benzene rings is 2. The molecule has 31 heavy (non-hydrogen) atoms. The Hall–Kier alpha value is -3.55. The predicted octanol–water partition coefficient (Wildman–Crippen LogP) is 4.49. The molecule has 1 saturated heterocycles. The first-order valence-electron chi connectivity index (χ1n) is 10.4. The van der Waals surface area contributed by atoms with Gasteiger partial charge in [0.25, 0.3) is 0 Å². The number of piperidine rings is 1. The summed E-state index contributed by atoms with van der Waals surface area (Å²) in [5, 5.41) is 11.5. The molecule has 5 rings (SSSR count). The number of carbonyl (C=O) groups is 1. The Bertz CT molecular complexity index is 1130. The molecule has 1 atom stereocenters. The van der Waals surface area contributed by atoms with Gasteiger partial charge in [0.15, 0.2) is 11.5 Å². The number of fused-ring (bicyclic) bond motifs is 1. The van der Waals surface area contributed by atoms with E-state index < -0.39 is 0 Å². The number of nitrogens with one attached hydrogen (secondary N) is 1. The van der Waals surface area contributed by atoms with Gasteiger partial charge in [-0.3, -0.25) is 0 Å². The molecule has 1 unspecified atom stereocenters. The van der Waals surface area contributed by atoms with E-state index in [0.717, 1.165) is 29.7 Å². The third-order valence-electron chi connectivity index (χ3n) is 5.88. The molecule has 2 aliphatic rings. The highest BCUT2D eigenvalue weighted by atomic mass is 16.7. The zero-order chi connectivity index (χ0) is 21.4. The first-order chi connectivity index (χ1) is 15.1. The largest absolute Gasteiger partial charge is 0.454 e. The Morgan fingerprint density at radius 2 is 1.94 bits per heavy atom. The summed E-state index contributed by atoms with van der Waals surface area (Å²) < 4.78 is 16.7. The number of urea groups is 1. The van der Waals surface area contributed by atoms with Gasteiger partial charge in [-0.25, -0.2) is 4.79 Å². The van der Waals surface area contributed by atoms with Gasteiger partial charge in [-0.2, -0.15) is 0 Å². The average Bonchev–Trinajstić information content (AvgIpc) is 3.45. The molecule has 0 bridgehead atoms. The number of aromatic nitrogens is 2. The molecule has 160 valence electrons. The van der Waals surface area contributed by atoms with Gasteiger partial charge in [-0.15, -0.1) is 10.2 Å². The number of rotatable bonds is 3. The Balaban J connectivity index is 1.27. The number of hydrogen-bond donors (Lipinski definition) is 1. The maximum atomic E-state index is 12.8. The summed E-state index contributed by atoms with van der Waals surface area (Å²) in [6.45, 7) is 5.55. The molecule has 8 nitrogen and oxygen atoms in total. The van der Waals surface area contributed by atoms with Gasteiger partial charge in [0, 0.05) is 24.3 Å². The molecule has 1 aromatic heterocycles. The van der Waals surface area contributed by atoms with Crippen LogP contribution in [0.15, 0.2) is 40.8 Å². The van der Waals surface area contributed by atoms with Crippen LogP contribution in [0.5, 0.6) is 11.5 Å². The second kappa shape index (κ2) is 7.94. The standard InChI is InChI=1S/C23H24N4O4/c1-14-5-7-18(10-15(14)2)24-23(28)27-9-3-4-17(12-27)22-26-25-21(31-22)16-6-8-19-20(11-16)30-13-29-19/h5-8,10-11,17H,3-4,9,12-13H2,1-2H3,(H,24,28). The Labute approximate surface area is 180 Å². The van der Waals surface area contributed by atoms with E-state index in [1.54, 1.807) is 0 Å². The smallest absolute Gasteiger partial charge is 0.321 e. The minimum Gasteiger partial charge on any atom is -0.454 e. The molecule has 0 spiro atoms. The lowest BCUT2D eigenvalue weighted by atomic mass is 9.98. The molecule has 0 saturated carbocycles. The topological polar surface area (TPSA) is 89.7 Å². The molecule has 2 amide bonds. The van der Waals surface area contributed by atoms with Crippen LogP contribution in [0.25, 0.3) is 11.5 Å². The van der Waals surface area contributed by atoms with E-state index in [1.165, 1.54) is 5.56 Å². The Morgan fingerprint density at radius 1 is 1.06 bits per heavy atom. The summed E-state index contributed by atoms with van der Waals surface area (Å²) in [5.41, 5.74) is 3.93. The molecule has 1 N–H and O–H groups in total. The van der Waals surface area contributed by atoms with Crippen molar-refractivity contribution >= 4 is 11.7 Å². The summed E-state index contributed by atoms with van der Waals surface area (Å²) in [6.07, 6.45) is 1.78. The van der Waals surface area contributed by atoms with Crippen molar-refractivity contribution in [3.8, 4) is 23.0 Å². The van der Waals surface area contributed by atoms with E-state index in [4.69, 9.17) is 13.9 Å². The molecular formula is C23H24N4O4. The van der Waals surface area contributed by atoms with Crippen LogP contribution in [-0.2, 0) is 0 Å². The van der Waals surface area contributed by atoms with E-state index in [9.17, 15) is 4.79 Å². The van der Waals surface area contributed by atoms with Gasteiger partial charge in [0.05, 0.1) is 5.92 Å². The van der Waals surface area contributed by atoms with Crippen LogP contribution in [0.3, 0.4) is 0 Å². The van der Waals surface area contributed by atoms with Crippen molar-refractivity contribution in [2.75, 3.05) is 25.2 Å². The number of ether oxygens (including phenoxy) is 2. The van der Waals surface area contributed by atoms with Crippen molar-refractivity contribution in [1.82, 2.24) is 15.1 Å². The van der Waals surface area contributed by atoms with Crippen molar-refractivity contribution < 1.29 is 18.7 Å². The molecule has 2 aliphatic heterocycles. The van der Waals surface area contributed by atoms with Crippen molar-refractivity contribution in [2.24, 2.45) is 0 Å². The van der Waals surface area contributed by atoms with Crippen LogP contribution in [0, 0.1) is 13.8 Å². The summed E-state index contributed by atoms with van der Waals surface area (Å²) in [4.78, 5) is 14.6. The summed E-state index contributed by atoms with van der Waals surface area (Å²) in [6, 6.07) is 11.4. The third kappa shape index (κ3) is 3.93. The molecule has 1 fully saturated rings. The minimum absolute atomic E-state index is 0.00881. The monoisotopic (exact) mass is 420 g/mol. The molecule has 3 heterocycles. The first kappa shape index (κ1) is 19.4. The fraction of sp³-hybridized carbons (Fsp3) is 0.348. The van der Waals surface area contributed by atoms with Gasteiger partial charge >= 0.3 is 6.03 Å². The molecule has 8 heteroatoms. The van der Waals surface area contributed by atoms with Crippen LogP contribution in [0.2, 0.25) is 0 Å². The lowest BCUT2D eigenvalue weighted by molar-refractivity contribution is 0.174. The number of aryl methyl sites for hydroxylation is 2. The minimum atomic E-state index is -0.108. The highest BCUT2D eigenvalue weighted by molar-refractivity contribution is 5.89. The normalized spacial score (nSPS) is 17.6.